The number of benzene rings is 1. The SMILES string of the molecule is CNC(=O)C(=O)N/N=C\c1ccc(OCC(=O)N2CCCC2)c(OC)c1. The zero-order valence-electron chi connectivity index (χ0n) is 14.8. The summed E-state index contributed by atoms with van der Waals surface area (Å²) in [5, 5.41) is 5.89. The van der Waals surface area contributed by atoms with Crippen LogP contribution >= 0.6 is 0 Å². The number of carbonyl (C=O) groups is 3. The number of ether oxygens (including phenoxy) is 2. The van der Waals surface area contributed by atoms with Crippen LogP contribution in [0.3, 0.4) is 0 Å². The van der Waals surface area contributed by atoms with Crippen molar-refractivity contribution in [2.24, 2.45) is 5.10 Å². The first-order valence-corrected chi connectivity index (χ1v) is 8.19. The molecule has 1 fully saturated rings. The predicted octanol–water partition coefficient (Wildman–Crippen LogP) is -0.107. The Labute approximate surface area is 151 Å². The molecule has 3 amide bonds. The van der Waals surface area contributed by atoms with Crippen LogP contribution in [0.15, 0.2) is 23.3 Å². The first kappa shape index (κ1) is 19.2. The molecule has 0 bridgehead atoms. The maximum atomic E-state index is 12.0. The standard InChI is InChI=1S/C17H22N4O5/c1-18-16(23)17(24)20-19-10-12-5-6-13(14(9-12)25-2)26-11-15(22)21-7-3-4-8-21/h5-6,9-10H,3-4,7-8,11H2,1-2H3,(H,18,23)(H,20,24)/b19-10-. The van der Waals surface area contributed by atoms with Crippen LogP contribution in [0, 0.1) is 0 Å². The summed E-state index contributed by atoms with van der Waals surface area (Å²) in [6.45, 7) is 1.50. The first-order valence-electron chi connectivity index (χ1n) is 8.19. The van der Waals surface area contributed by atoms with Crippen molar-refractivity contribution in [2.45, 2.75) is 12.8 Å². The van der Waals surface area contributed by atoms with Crippen molar-refractivity contribution in [2.75, 3.05) is 33.9 Å². The van der Waals surface area contributed by atoms with Crippen LogP contribution in [0.5, 0.6) is 11.5 Å². The van der Waals surface area contributed by atoms with E-state index in [-0.39, 0.29) is 12.5 Å². The summed E-state index contributed by atoms with van der Waals surface area (Å²) >= 11 is 0. The Morgan fingerprint density at radius 2 is 1.92 bits per heavy atom. The predicted molar refractivity (Wildman–Crippen MR) is 94.1 cm³/mol. The van der Waals surface area contributed by atoms with Crippen LogP contribution in [-0.2, 0) is 14.4 Å². The van der Waals surface area contributed by atoms with Gasteiger partial charge >= 0.3 is 11.8 Å². The summed E-state index contributed by atoms with van der Waals surface area (Å²) in [5.74, 6) is -0.832. The van der Waals surface area contributed by atoms with Gasteiger partial charge in [-0.2, -0.15) is 5.10 Å². The molecule has 1 heterocycles. The van der Waals surface area contributed by atoms with E-state index in [9.17, 15) is 14.4 Å². The van der Waals surface area contributed by atoms with Crippen molar-refractivity contribution < 1.29 is 23.9 Å². The molecule has 9 heteroatoms. The Bertz CT molecular complexity index is 698. The summed E-state index contributed by atoms with van der Waals surface area (Å²) < 4.78 is 10.8. The van der Waals surface area contributed by atoms with E-state index in [4.69, 9.17) is 9.47 Å². The monoisotopic (exact) mass is 362 g/mol. The van der Waals surface area contributed by atoms with Crippen molar-refractivity contribution in [3.63, 3.8) is 0 Å². The van der Waals surface area contributed by atoms with Crippen LogP contribution in [0.1, 0.15) is 18.4 Å². The summed E-state index contributed by atoms with van der Waals surface area (Å²) in [6.07, 6.45) is 3.42. The number of nitrogens with zero attached hydrogens (tertiary/aromatic N) is 2. The van der Waals surface area contributed by atoms with Gasteiger partial charge in [-0.25, -0.2) is 5.43 Å². The summed E-state index contributed by atoms with van der Waals surface area (Å²) in [4.78, 5) is 36.2. The van der Waals surface area contributed by atoms with Crippen molar-refractivity contribution in [1.29, 1.82) is 0 Å². The molecule has 1 aromatic rings. The molecule has 2 N–H and O–H groups in total. The number of likely N-dealkylation sites (N-methyl/N-ethyl adjacent to an activating group) is 1. The second kappa shape index (κ2) is 9.40. The van der Waals surface area contributed by atoms with E-state index in [0.29, 0.717) is 17.1 Å². The minimum Gasteiger partial charge on any atom is -0.493 e. The molecular formula is C17H22N4O5. The average molecular weight is 362 g/mol. The highest BCUT2D eigenvalue weighted by Crippen LogP contribution is 2.27. The maximum Gasteiger partial charge on any atom is 0.329 e. The van der Waals surface area contributed by atoms with Crippen LogP contribution in [0.4, 0.5) is 0 Å². The van der Waals surface area contributed by atoms with E-state index in [1.807, 2.05) is 0 Å². The highest BCUT2D eigenvalue weighted by molar-refractivity contribution is 6.34. The molecule has 1 aliphatic rings. The zero-order valence-corrected chi connectivity index (χ0v) is 14.8. The van der Waals surface area contributed by atoms with Crippen LogP contribution in [0.25, 0.3) is 0 Å². The minimum absolute atomic E-state index is 0.0490. The fourth-order valence-corrected chi connectivity index (χ4v) is 2.41. The first-order chi connectivity index (χ1) is 12.5. The van der Waals surface area contributed by atoms with E-state index >= 15 is 0 Å². The Hall–Kier alpha value is -3.10. The number of rotatable bonds is 6. The molecule has 26 heavy (non-hydrogen) atoms. The lowest BCUT2D eigenvalue weighted by Crippen LogP contribution is -2.35. The summed E-state index contributed by atoms with van der Waals surface area (Å²) in [5.41, 5.74) is 2.72. The number of methoxy groups -OCH3 is 1. The smallest absolute Gasteiger partial charge is 0.329 e. The second-order valence-corrected chi connectivity index (χ2v) is 5.57. The molecule has 1 saturated heterocycles. The van der Waals surface area contributed by atoms with Gasteiger partial charge in [0.05, 0.1) is 13.3 Å². The largest absolute Gasteiger partial charge is 0.493 e. The van der Waals surface area contributed by atoms with Gasteiger partial charge in [-0.1, -0.05) is 0 Å². The van der Waals surface area contributed by atoms with Crippen LogP contribution in [-0.4, -0.2) is 62.7 Å². The lowest BCUT2D eigenvalue weighted by Gasteiger charge is -2.16. The average Bonchev–Trinajstić information content (AvgIpc) is 3.20. The Kier molecular flexibility index (Phi) is 6.95. The molecule has 0 radical (unpaired) electrons. The minimum atomic E-state index is -0.865. The zero-order chi connectivity index (χ0) is 18.9. The third-order valence-electron chi connectivity index (χ3n) is 3.81. The van der Waals surface area contributed by atoms with Gasteiger partial charge in [0.15, 0.2) is 18.1 Å². The Morgan fingerprint density at radius 3 is 2.58 bits per heavy atom. The van der Waals surface area contributed by atoms with Crippen LogP contribution in [0.2, 0.25) is 0 Å². The molecule has 140 valence electrons. The molecule has 0 saturated carbocycles. The van der Waals surface area contributed by atoms with Gasteiger partial charge in [0, 0.05) is 20.1 Å². The van der Waals surface area contributed by atoms with E-state index < -0.39 is 11.8 Å². The highest BCUT2D eigenvalue weighted by atomic mass is 16.5. The van der Waals surface area contributed by atoms with Gasteiger partial charge in [0.25, 0.3) is 5.91 Å². The third-order valence-corrected chi connectivity index (χ3v) is 3.81. The van der Waals surface area contributed by atoms with E-state index in [0.717, 1.165) is 25.9 Å². The number of nitrogens with one attached hydrogen (secondary N) is 2. The van der Waals surface area contributed by atoms with Crippen molar-refractivity contribution in [1.82, 2.24) is 15.6 Å². The summed E-state index contributed by atoms with van der Waals surface area (Å²) in [6, 6.07) is 4.98. The lowest BCUT2D eigenvalue weighted by atomic mass is 10.2. The van der Waals surface area contributed by atoms with Crippen molar-refractivity contribution >= 4 is 23.9 Å². The van der Waals surface area contributed by atoms with Gasteiger partial charge < -0.3 is 19.7 Å². The quantitative estimate of drug-likeness (QED) is 0.417. The number of hydrazone groups is 1. The van der Waals surface area contributed by atoms with Crippen LogP contribution < -0.4 is 20.2 Å². The van der Waals surface area contributed by atoms with Crippen molar-refractivity contribution in [3.05, 3.63) is 23.8 Å². The molecule has 2 rings (SSSR count). The number of amides is 3. The topological polar surface area (TPSA) is 109 Å². The van der Waals surface area contributed by atoms with Gasteiger partial charge in [-0.15, -0.1) is 0 Å². The normalized spacial score (nSPS) is 13.5. The molecule has 0 atom stereocenters. The number of carbonyl (C=O) groups excluding carboxylic acids is 3. The summed E-state index contributed by atoms with van der Waals surface area (Å²) in [7, 11) is 2.84. The van der Waals surface area contributed by atoms with Gasteiger partial charge in [-0.05, 0) is 36.6 Å². The molecular weight excluding hydrogens is 340 g/mol. The Morgan fingerprint density at radius 1 is 1.19 bits per heavy atom. The molecule has 9 nitrogen and oxygen atoms in total. The van der Waals surface area contributed by atoms with E-state index in [1.165, 1.54) is 20.4 Å². The second-order valence-electron chi connectivity index (χ2n) is 5.57. The molecule has 1 aromatic carbocycles. The molecule has 0 aliphatic carbocycles. The van der Waals surface area contributed by atoms with E-state index in [1.54, 1.807) is 23.1 Å². The Balaban J connectivity index is 1.94. The molecule has 0 aromatic heterocycles. The molecule has 0 unspecified atom stereocenters. The maximum absolute atomic E-state index is 12.0. The highest BCUT2D eigenvalue weighted by Gasteiger charge is 2.18. The fourth-order valence-electron chi connectivity index (χ4n) is 2.41. The molecule has 1 aliphatic heterocycles. The van der Waals surface area contributed by atoms with Gasteiger partial charge in [0.2, 0.25) is 0 Å². The molecule has 0 spiro atoms. The fraction of sp³-hybridized carbons (Fsp3) is 0.412. The lowest BCUT2D eigenvalue weighted by molar-refractivity contribution is -0.138. The van der Waals surface area contributed by atoms with Gasteiger partial charge in [-0.3, -0.25) is 14.4 Å². The van der Waals surface area contributed by atoms with Crippen molar-refractivity contribution in [3.8, 4) is 11.5 Å². The van der Waals surface area contributed by atoms with Gasteiger partial charge in [0.1, 0.15) is 0 Å². The number of hydrogen-bond acceptors (Lipinski definition) is 6. The number of likely N-dealkylation sites (tertiary alicyclic amines) is 1. The third kappa shape index (κ3) is 5.20. The van der Waals surface area contributed by atoms with E-state index in [2.05, 4.69) is 15.8 Å². The number of hydrogen-bond donors (Lipinski definition) is 2.